The first-order chi connectivity index (χ1) is 8.69. The zero-order chi connectivity index (χ0) is 13.0. The second-order valence-corrected chi connectivity index (χ2v) is 5.81. The summed E-state index contributed by atoms with van der Waals surface area (Å²) in [5.41, 5.74) is 1.04. The molecule has 1 atom stereocenters. The fourth-order valence-corrected chi connectivity index (χ4v) is 3.08. The highest BCUT2D eigenvalue weighted by atomic mass is 79.9. The van der Waals surface area contributed by atoms with Crippen molar-refractivity contribution >= 4 is 28.3 Å². The average molecular weight is 352 g/mol. The van der Waals surface area contributed by atoms with Gasteiger partial charge in [0.05, 0.1) is 0 Å². The molecule has 0 spiro atoms. The Hall–Kier alpha value is -0.160. The van der Waals surface area contributed by atoms with Crippen LogP contribution in [0.15, 0.2) is 22.7 Å². The van der Waals surface area contributed by atoms with Crippen LogP contribution in [0.5, 0.6) is 0 Å². The molecule has 0 radical (unpaired) electrons. The van der Waals surface area contributed by atoms with E-state index in [1.165, 1.54) is 12.5 Å². The highest BCUT2D eigenvalue weighted by Crippen LogP contribution is 2.19. The number of nitrogens with one attached hydrogen (secondary N) is 1. The molecule has 5 heteroatoms. The summed E-state index contributed by atoms with van der Waals surface area (Å²) >= 11 is 3.35. The summed E-state index contributed by atoms with van der Waals surface area (Å²) < 4.78 is 14.2. The molecule has 1 aromatic carbocycles. The van der Waals surface area contributed by atoms with E-state index in [2.05, 4.69) is 33.1 Å². The zero-order valence-electron chi connectivity index (χ0n) is 11.2. The van der Waals surface area contributed by atoms with E-state index in [9.17, 15) is 4.39 Å². The summed E-state index contributed by atoms with van der Waals surface area (Å²) in [5, 5.41) is 3.39. The van der Waals surface area contributed by atoms with E-state index in [0.29, 0.717) is 6.04 Å². The molecule has 108 valence electrons. The third-order valence-corrected chi connectivity index (χ3v) is 3.83. The van der Waals surface area contributed by atoms with Gasteiger partial charge in [0.1, 0.15) is 5.82 Å². The van der Waals surface area contributed by atoms with Crippen LogP contribution < -0.4 is 5.32 Å². The third-order valence-electron chi connectivity index (χ3n) is 3.37. The van der Waals surface area contributed by atoms with Crippen LogP contribution in [0.25, 0.3) is 0 Å². The lowest BCUT2D eigenvalue weighted by atomic mass is 10.1. The molecule has 19 heavy (non-hydrogen) atoms. The first kappa shape index (κ1) is 16.9. The van der Waals surface area contributed by atoms with Gasteiger partial charge in [-0.25, -0.2) is 4.39 Å². The summed E-state index contributed by atoms with van der Waals surface area (Å²) in [6.07, 6.45) is 2.32. The van der Waals surface area contributed by atoms with Crippen LogP contribution in [0.3, 0.4) is 0 Å². The molecule has 0 aliphatic carbocycles. The van der Waals surface area contributed by atoms with Gasteiger partial charge in [0.2, 0.25) is 0 Å². The summed E-state index contributed by atoms with van der Waals surface area (Å²) in [6, 6.07) is 5.74. The van der Waals surface area contributed by atoms with Gasteiger partial charge in [-0.15, -0.1) is 12.4 Å². The number of hydrogen-bond acceptors (Lipinski definition) is 2. The normalized spacial score (nSPS) is 18.6. The van der Waals surface area contributed by atoms with Crippen molar-refractivity contribution in [3.63, 3.8) is 0 Å². The summed E-state index contributed by atoms with van der Waals surface area (Å²) in [4.78, 5) is 2.46. The maximum Gasteiger partial charge on any atom is 0.124 e. The zero-order valence-corrected chi connectivity index (χ0v) is 13.6. The van der Waals surface area contributed by atoms with Crippen molar-refractivity contribution in [2.75, 3.05) is 19.6 Å². The predicted molar refractivity (Wildman–Crippen MR) is 83.3 cm³/mol. The highest BCUT2D eigenvalue weighted by molar-refractivity contribution is 9.10. The summed E-state index contributed by atoms with van der Waals surface area (Å²) in [7, 11) is 0. The molecule has 1 aromatic rings. The minimum Gasteiger partial charge on any atom is -0.315 e. The van der Waals surface area contributed by atoms with Crippen molar-refractivity contribution in [1.82, 2.24) is 10.2 Å². The molecule has 1 heterocycles. The lowest BCUT2D eigenvalue weighted by Gasteiger charge is -2.28. The molecular formula is C14H21BrClFN2. The van der Waals surface area contributed by atoms with E-state index in [0.717, 1.165) is 42.6 Å². The van der Waals surface area contributed by atoms with E-state index < -0.39 is 0 Å². The molecule has 1 N–H and O–H groups in total. The predicted octanol–water partition coefficient (Wildman–Crippen LogP) is 3.58. The van der Waals surface area contributed by atoms with Gasteiger partial charge in [0.15, 0.2) is 0 Å². The van der Waals surface area contributed by atoms with Crippen molar-refractivity contribution in [1.29, 1.82) is 0 Å². The van der Waals surface area contributed by atoms with Gasteiger partial charge in [-0.1, -0.05) is 22.9 Å². The first-order valence-electron chi connectivity index (χ1n) is 6.58. The molecule has 0 aromatic heterocycles. The van der Waals surface area contributed by atoms with Gasteiger partial charge in [0.25, 0.3) is 0 Å². The van der Waals surface area contributed by atoms with Gasteiger partial charge < -0.3 is 5.32 Å². The van der Waals surface area contributed by atoms with Crippen molar-refractivity contribution < 1.29 is 4.39 Å². The highest BCUT2D eigenvalue weighted by Gasteiger charge is 2.21. The Kier molecular flexibility index (Phi) is 7.29. The molecule has 1 aliphatic heterocycles. The topological polar surface area (TPSA) is 15.3 Å². The Morgan fingerprint density at radius 3 is 2.79 bits per heavy atom. The Morgan fingerprint density at radius 1 is 1.42 bits per heavy atom. The minimum atomic E-state index is -0.166. The third kappa shape index (κ3) is 5.03. The van der Waals surface area contributed by atoms with Crippen molar-refractivity contribution in [2.24, 2.45) is 0 Å². The van der Waals surface area contributed by atoms with E-state index in [1.807, 2.05) is 6.07 Å². The van der Waals surface area contributed by atoms with Gasteiger partial charge in [-0.05, 0) is 49.7 Å². The van der Waals surface area contributed by atoms with Gasteiger partial charge in [-0.2, -0.15) is 0 Å². The Balaban J connectivity index is 0.00000180. The molecule has 0 bridgehead atoms. The fourth-order valence-electron chi connectivity index (χ4n) is 2.57. The number of nitrogens with zero attached hydrogens (tertiary/aromatic N) is 1. The van der Waals surface area contributed by atoms with Gasteiger partial charge in [0, 0.05) is 23.6 Å². The molecule has 1 saturated heterocycles. The molecule has 0 saturated carbocycles. The van der Waals surface area contributed by atoms with Crippen molar-refractivity contribution in [3.05, 3.63) is 34.1 Å². The average Bonchev–Trinajstić information content (AvgIpc) is 2.80. The summed E-state index contributed by atoms with van der Waals surface area (Å²) in [6.45, 7) is 6.24. The smallest absolute Gasteiger partial charge is 0.124 e. The number of rotatable bonds is 5. The molecule has 0 amide bonds. The first-order valence-corrected chi connectivity index (χ1v) is 7.38. The Morgan fingerprint density at radius 2 is 2.21 bits per heavy atom. The lowest BCUT2D eigenvalue weighted by molar-refractivity contribution is 0.199. The lowest BCUT2D eigenvalue weighted by Crippen LogP contribution is -2.36. The van der Waals surface area contributed by atoms with Crippen LogP contribution in [0, 0.1) is 5.82 Å². The molecule has 1 aliphatic rings. The van der Waals surface area contributed by atoms with Gasteiger partial charge >= 0.3 is 0 Å². The van der Waals surface area contributed by atoms with E-state index in [-0.39, 0.29) is 18.2 Å². The molecule has 2 rings (SSSR count). The second-order valence-electron chi connectivity index (χ2n) is 4.89. The monoisotopic (exact) mass is 350 g/mol. The maximum absolute atomic E-state index is 13.4. The van der Waals surface area contributed by atoms with E-state index in [4.69, 9.17) is 0 Å². The summed E-state index contributed by atoms with van der Waals surface area (Å²) in [5.74, 6) is -0.166. The maximum atomic E-state index is 13.4. The molecular weight excluding hydrogens is 331 g/mol. The quantitative estimate of drug-likeness (QED) is 0.872. The van der Waals surface area contributed by atoms with Crippen LogP contribution in [-0.4, -0.2) is 30.6 Å². The molecule has 2 nitrogen and oxygen atoms in total. The van der Waals surface area contributed by atoms with Crippen LogP contribution in [-0.2, 0) is 6.54 Å². The number of benzene rings is 1. The standard InChI is InChI=1S/C14H20BrFN2.ClH/c1-2-5-18(14-3-4-17-9-14)10-11-6-12(15)8-13(16)7-11;/h6-8,14,17H,2-5,9-10H2,1H3;1H. The van der Waals surface area contributed by atoms with Crippen LogP contribution in [0.2, 0.25) is 0 Å². The Labute approximate surface area is 129 Å². The van der Waals surface area contributed by atoms with Crippen LogP contribution >= 0.6 is 28.3 Å². The van der Waals surface area contributed by atoms with Crippen LogP contribution in [0.1, 0.15) is 25.3 Å². The SMILES string of the molecule is CCCN(Cc1cc(F)cc(Br)c1)C1CCNC1.Cl. The van der Waals surface area contributed by atoms with E-state index >= 15 is 0 Å². The minimum absolute atomic E-state index is 0. The second kappa shape index (κ2) is 8.20. The Bertz CT molecular complexity index is 377. The van der Waals surface area contributed by atoms with Crippen LogP contribution in [0.4, 0.5) is 4.39 Å². The van der Waals surface area contributed by atoms with E-state index in [1.54, 1.807) is 6.07 Å². The fraction of sp³-hybridized carbons (Fsp3) is 0.571. The van der Waals surface area contributed by atoms with Crippen molar-refractivity contribution in [2.45, 2.75) is 32.4 Å². The largest absolute Gasteiger partial charge is 0.315 e. The molecule has 1 fully saturated rings. The number of halogens is 3. The molecule has 1 unspecified atom stereocenters. The van der Waals surface area contributed by atoms with Gasteiger partial charge in [-0.3, -0.25) is 4.90 Å². The van der Waals surface area contributed by atoms with Crippen molar-refractivity contribution in [3.8, 4) is 0 Å². The number of hydrogen-bond donors (Lipinski definition) is 1.